The van der Waals surface area contributed by atoms with Crippen LogP contribution >= 0.6 is 0 Å². The zero-order chi connectivity index (χ0) is 11.1. The third-order valence-electron chi connectivity index (χ3n) is 2.80. The van der Waals surface area contributed by atoms with Crippen molar-refractivity contribution in [2.45, 2.75) is 6.92 Å². The van der Waals surface area contributed by atoms with Gasteiger partial charge in [-0.15, -0.1) is 0 Å². The van der Waals surface area contributed by atoms with E-state index in [2.05, 4.69) is 16.0 Å². The van der Waals surface area contributed by atoms with E-state index in [0.717, 1.165) is 27.4 Å². The molecular formula is C13H10N2O. The van der Waals surface area contributed by atoms with E-state index in [9.17, 15) is 4.79 Å². The highest BCUT2D eigenvalue weighted by Gasteiger charge is 2.04. The van der Waals surface area contributed by atoms with E-state index in [0.29, 0.717) is 0 Å². The van der Waals surface area contributed by atoms with Crippen molar-refractivity contribution in [2.24, 2.45) is 0 Å². The van der Waals surface area contributed by atoms with Crippen LogP contribution in [0.5, 0.6) is 0 Å². The third kappa shape index (κ3) is 1.21. The minimum absolute atomic E-state index is 0.291. The summed E-state index contributed by atoms with van der Waals surface area (Å²) in [6.07, 6.45) is 0. The molecule has 0 aliphatic heterocycles. The Kier molecular flexibility index (Phi) is 1.80. The number of aryl methyl sites for hydroxylation is 1. The molecule has 1 heterocycles. The van der Waals surface area contributed by atoms with Crippen molar-refractivity contribution in [3.8, 4) is 0 Å². The summed E-state index contributed by atoms with van der Waals surface area (Å²) < 4.78 is 0. The minimum atomic E-state index is -0.291. The Morgan fingerprint density at radius 1 is 1.12 bits per heavy atom. The lowest BCUT2D eigenvalue weighted by molar-refractivity contribution is 1.07. The summed E-state index contributed by atoms with van der Waals surface area (Å²) in [6, 6.07) is 12.0. The van der Waals surface area contributed by atoms with E-state index in [-0.39, 0.29) is 5.69 Å². The molecule has 0 fully saturated rings. The summed E-state index contributed by atoms with van der Waals surface area (Å²) >= 11 is 0. The van der Waals surface area contributed by atoms with Gasteiger partial charge < -0.3 is 4.98 Å². The van der Waals surface area contributed by atoms with Gasteiger partial charge in [0.2, 0.25) is 0 Å². The number of nitrogens with one attached hydrogen (secondary N) is 1. The van der Waals surface area contributed by atoms with Crippen molar-refractivity contribution in [2.75, 3.05) is 0 Å². The maximum Gasteiger partial charge on any atom is 0.345 e. The van der Waals surface area contributed by atoms with E-state index < -0.39 is 0 Å². The molecule has 0 radical (unpaired) electrons. The zero-order valence-electron chi connectivity index (χ0n) is 8.82. The molecule has 16 heavy (non-hydrogen) atoms. The normalized spacial score (nSPS) is 11.1. The van der Waals surface area contributed by atoms with E-state index in [1.54, 1.807) is 0 Å². The molecule has 0 saturated heterocycles. The number of rotatable bonds is 0. The van der Waals surface area contributed by atoms with Crippen LogP contribution in [0.3, 0.4) is 0 Å². The molecule has 1 N–H and O–H groups in total. The van der Waals surface area contributed by atoms with Crippen LogP contribution in [0.1, 0.15) is 5.69 Å². The Bertz CT molecular complexity index is 744. The lowest BCUT2D eigenvalue weighted by atomic mass is 10.0. The van der Waals surface area contributed by atoms with Crippen molar-refractivity contribution in [3.63, 3.8) is 0 Å². The molecule has 1 aromatic heterocycles. The maximum absolute atomic E-state index is 11.3. The first-order valence-corrected chi connectivity index (χ1v) is 5.14. The highest BCUT2D eigenvalue weighted by atomic mass is 16.1. The van der Waals surface area contributed by atoms with Crippen LogP contribution in [0.15, 0.2) is 41.2 Å². The Morgan fingerprint density at radius 3 is 2.81 bits per heavy atom. The first kappa shape index (κ1) is 9.09. The Morgan fingerprint density at radius 2 is 1.94 bits per heavy atom. The summed E-state index contributed by atoms with van der Waals surface area (Å²) in [5.41, 5.74) is 1.33. The fourth-order valence-corrected chi connectivity index (χ4v) is 2.11. The predicted octanol–water partition coefficient (Wildman–Crippen LogP) is 2.38. The molecule has 0 saturated carbocycles. The summed E-state index contributed by atoms with van der Waals surface area (Å²) in [5.74, 6) is 0. The van der Waals surface area contributed by atoms with E-state index in [1.807, 2.05) is 37.3 Å². The van der Waals surface area contributed by atoms with Crippen LogP contribution in [-0.4, -0.2) is 9.97 Å². The van der Waals surface area contributed by atoms with Gasteiger partial charge in [-0.1, -0.05) is 30.3 Å². The minimum Gasteiger partial charge on any atom is -0.309 e. The zero-order valence-corrected chi connectivity index (χ0v) is 8.82. The highest BCUT2D eigenvalue weighted by molar-refractivity contribution is 6.07. The standard InChI is InChI=1S/C13H10N2O/c1-8-12-10-5-3-2-4-9(10)6-7-11(12)15-13(16)14-8/h2-7H,1H3,(H,14,15,16). The second kappa shape index (κ2) is 3.17. The fourth-order valence-electron chi connectivity index (χ4n) is 2.11. The Balaban J connectivity index is 2.65. The number of fused-ring (bicyclic) bond motifs is 3. The van der Waals surface area contributed by atoms with Gasteiger partial charge in [-0.3, -0.25) is 0 Å². The summed E-state index contributed by atoms with van der Waals surface area (Å²) in [6.45, 7) is 1.90. The average Bonchev–Trinajstić information content (AvgIpc) is 2.28. The second-order valence-electron chi connectivity index (χ2n) is 3.85. The van der Waals surface area contributed by atoms with Crippen LogP contribution in [0.4, 0.5) is 0 Å². The van der Waals surface area contributed by atoms with Gasteiger partial charge in [0.25, 0.3) is 0 Å². The molecule has 0 aliphatic rings. The molecule has 0 aliphatic carbocycles. The largest absolute Gasteiger partial charge is 0.345 e. The third-order valence-corrected chi connectivity index (χ3v) is 2.80. The number of nitrogens with zero attached hydrogens (tertiary/aromatic N) is 1. The van der Waals surface area contributed by atoms with Gasteiger partial charge in [-0.05, 0) is 23.8 Å². The van der Waals surface area contributed by atoms with Gasteiger partial charge in [0.15, 0.2) is 0 Å². The van der Waals surface area contributed by atoms with Crippen molar-refractivity contribution < 1.29 is 0 Å². The van der Waals surface area contributed by atoms with Crippen molar-refractivity contribution in [1.82, 2.24) is 9.97 Å². The number of benzene rings is 2. The quantitative estimate of drug-likeness (QED) is 0.579. The smallest absolute Gasteiger partial charge is 0.309 e. The van der Waals surface area contributed by atoms with Crippen LogP contribution in [-0.2, 0) is 0 Å². The van der Waals surface area contributed by atoms with Crippen LogP contribution in [0.25, 0.3) is 21.7 Å². The first-order chi connectivity index (χ1) is 7.75. The monoisotopic (exact) mass is 210 g/mol. The van der Waals surface area contributed by atoms with E-state index in [4.69, 9.17) is 0 Å². The fraction of sp³-hybridized carbons (Fsp3) is 0.0769. The van der Waals surface area contributed by atoms with Gasteiger partial charge >= 0.3 is 5.69 Å². The lowest BCUT2D eigenvalue weighted by Gasteiger charge is -2.04. The first-order valence-electron chi connectivity index (χ1n) is 5.14. The molecule has 0 amide bonds. The van der Waals surface area contributed by atoms with E-state index in [1.165, 1.54) is 0 Å². The molecule has 0 spiro atoms. The Labute approximate surface area is 91.8 Å². The highest BCUT2D eigenvalue weighted by Crippen LogP contribution is 2.24. The number of hydrogen-bond donors (Lipinski definition) is 1. The van der Waals surface area contributed by atoms with Crippen molar-refractivity contribution in [3.05, 3.63) is 52.6 Å². The molecule has 78 valence electrons. The Hall–Kier alpha value is -2.16. The molecule has 3 heteroatoms. The second-order valence-corrected chi connectivity index (χ2v) is 3.85. The summed E-state index contributed by atoms with van der Waals surface area (Å²) in [4.78, 5) is 18.0. The number of hydrogen-bond acceptors (Lipinski definition) is 2. The predicted molar refractivity (Wildman–Crippen MR) is 64.6 cm³/mol. The lowest BCUT2D eigenvalue weighted by Crippen LogP contribution is -2.11. The molecule has 0 unspecified atom stereocenters. The molecule has 3 rings (SSSR count). The average molecular weight is 210 g/mol. The van der Waals surface area contributed by atoms with Gasteiger partial charge in [0.1, 0.15) is 0 Å². The maximum atomic E-state index is 11.3. The molecule has 2 aromatic carbocycles. The van der Waals surface area contributed by atoms with Gasteiger partial charge in [-0.25, -0.2) is 4.79 Å². The van der Waals surface area contributed by atoms with Gasteiger partial charge in [-0.2, -0.15) is 4.98 Å². The van der Waals surface area contributed by atoms with Crippen LogP contribution in [0.2, 0.25) is 0 Å². The summed E-state index contributed by atoms with van der Waals surface area (Å²) in [5, 5.41) is 3.31. The van der Waals surface area contributed by atoms with Gasteiger partial charge in [0.05, 0.1) is 5.52 Å². The van der Waals surface area contributed by atoms with Gasteiger partial charge in [0, 0.05) is 11.1 Å². The molecule has 0 bridgehead atoms. The summed E-state index contributed by atoms with van der Waals surface area (Å²) in [7, 11) is 0. The van der Waals surface area contributed by atoms with Crippen LogP contribution < -0.4 is 5.69 Å². The number of aromatic amines is 1. The van der Waals surface area contributed by atoms with Crippen molar-refractivity contribution in [1.29, 1.82) is 0 Å². The van der Waals surface area contributed by atoms with E-state index >= 15 is 0 Å². The molecular weight excluding hydrogens is 200 g/mol. The number of H-pyrrole nitrogens is 1. The topological polar surface area (TPSA) is 45.8 Å². The van der Waals surface area contributed by atoms with Crippen LogP contribution in [0, 0.1) is 6.92 Å². The van der Waals surface area contributed by atoms with Crippen molar-refractivity contribution >= 4 is 21.7 Å². The number of aromatic nitrogens is 2. The molecule has 3 nitrogen and oxygen atoms in total. The molecule has 3 aromatic rings. The SMILES string of the molecule is Cc1[nH]c(=O)nc2ccc3ccccc3c12. The molecule has 0 atom stereocenters.